The number of carbonyl (C=O) groups is 2. The lowest BCUT2D eigenvalue weighted by atomic mass is 9.89. The number of ether oxygens (including phenoxy) is 1. The van der Waals surface area contributed by atoms with Crippen molar-refractivity contribution in [2.45, 2.75) is 25.9 Å². The maximum absolute atomic E-state index is 12.6. The third-order valence-electron chi connectivity index (χ3n) is 3.92. The molecule has 0 saturated heterocycles. The average Bonchev–Trinajstić information content (AvgIpc) is 2.48. The molecule has 1 N–H and O–H groups in total. The van der Waals surface area contributed by atoms with Crippen LogP contribution in [-0.2, 0) is 16.0 Å². The highest BCUT2D eigenvalue weighted by atomic mass is 35.5. The zero-order valence-corrected chi connectivity index (χ0v) is 13.6. The molecule has 0 saturated carbocycles. The van der Waals surface area contributed by atoms with Crippen LogP contribution < -0.4 is 5.32 Å². The molecule has 1 heterocycles. The third kappa shape index (κ3) is 3.08. The summed E-state index contributed by atoms with van der Waals surface area (Å²) in [6, 6.07) is 12.4. The molecule has 5 heteroatoms. The second-order valence-corrected chi connectivity index (χ2v) is 6.36. The summed E-state index contributed by atoms with van der Waals surface area (Å²) in [6.45, 7) is 3.58. The fourth-order valence-corrected chi connectivity index (χ4v) is 2.79. The maximum atomic E-state index is 12.6. The van der Waals surface area contributed by atoms with E-state index in [9.17, 15) is 9.59 Å². The van der Waals surface area contributed by atoms with Crippen molar-refractivity contribution in [1.82, 2.24) is 0 Å². The molecule has 1 unspecified atom stereocenters. The van der Waals surface area contributed by atoms with Crippen molar-refractivity contribution in [2.75, 3.05) is 5.32 Å². The molecule has 0 bridgehead atoms. The van der Waals surface area contributed by atoms with Gasteiger partial charge in [0.2, 0.25) is 0 Å². The Kier molecular flexibility index (Phi) is 3.86. The fraction of sp³-hybridized carbons (Fsp3) is 0.222. The number of carbonyl (C=O) groups excluding carboxylic acids is 2. The van der Waals surface area contributed by atoms with E-state index in [2.05, 4.69) is 5.32 Å². The first-order chi connectivity index (χ1) is 10.9. The number of rotatable bonds is 2. The van der Waals surface area contributed by atoms with Crippen LogP contribution in [0, 0.1) is 6.92 Å². The number of anilines is 1. The Morgan fingerprint density at radius 3 is 2.61 bits per heavy atom. The van der Waals surface area contributed by atoms with E-state index in [4.69, 9.17) is 16.3 Å². The molecule has 23 heavy (non-hydrogen) atoms. The van der Waals surface area contributed by atoms with Gasteiger partial charge in [0, 0.05) is 17.1 Å². The van der Waals surface area contributed by atoms with Crippen molar-refractivity contribution in [3.63, 3.8) is 0 Å². The van der Waals surface area contributed by atoms with E-state index in [1.807, 2.05) is 31.2 Å². The Labute approximate surface area is 139 Å². The number of fused-ring (bicyclic) bond motifs is 1. The summed E-state index contributed by atoms with van der Waals surface area (Å²) in [6.07, 6.45) is 0.284. The van der Waals surface area contributed by atoms with Gasteiger partial charge in [-0.1, -0.05) is 29.3 Å². The van der Waals surface area contributed by atoms with Gasteiger partial charge in [-0.15, -0.1) is 0 Å². The summed E-state index contributed by atoms with van der Waals surface area (Å²) in [5, 5.41) is 3.32. The number of cyclic esters (lactones) is 1. The normalized spacial score (nSPS) is 19.7. The zero-order valence-electron chi connectivity index (χ0n) is 12.9. The second kappa shape index (κ2) is 5.70. The van der Waals surface area contributed by atoms with Gasteiger partial charge in [-0.25, -0.2) is 4.79 Å². The SMILES string of the molecule is Cc1ccc(NC(=O)C2(C)Cc3cc(Cl)ccc3C(=O)O2)cc1. The van der Waals surface area contributed by atoms with Gasteiger partial charge in [0.1, 0.15) is 0 Å². The van der Waals surface area contributed by atoms with Crippen molar-refractivity contribution in [1.29, 1.82) is 0 Å². The molecule has 4 nitrogen and oxygen atoms in total. The van der Waals surface area contributed by atoms with Crippen LogP contribution in [0.1, 0.15) is 28.4 Å². The monoisotopic (exact) mass is 329 g/mol. The van der Waals surface area contributed by atoms with Gasteiger partial charge in [0.25, 0.3) is 5.91 Å². The molecule has 1 amide bonds. The molecular formula is C18H16ClNO3. The van der Waals surface area contributed by atoms with Gasteiger partial charge in [-0.05, 0) is 49.7 Å². The highest BCUT2D eigenvalue weighted by Crippen LogP contribution is 2.31. The van der Waals surface area contributed by atoms with E-state index in [1.54, 1.807) is 25.1 Å². The van der Waals surface area contributed by atoms with Crippen LogP contribution in [0.25, 0.3) is 0 Å². The highest BCUT2D eigenvalue weighted by Gasteiger charge is 2.42. The Balaban J connectivity index is 1.85. The van der Waals surface area contributed by atoms with Gasteiger partial charge < -0.3 is 10.1 Å². The molecule has 1 aliphatic heterocycles. The summed E-state index contributed by atoms with van der Waals surface area (Å²) in [7, 11) is 0. The highest BCUT2D eigenvalue weighted by molar-refractivity contribution is 6.30. The van der Waals surface area contributed by atoms with Crippen LogP contribution in [0.2, 0.25) is 5.02 Å². The quantitative estimate of drug-likeness (QED) is 0.853. The molecular weight excluding hydrogens is 314 g/mol. The van der Waals surface area contributed by atoms with E-state index in [0.29, 0.717) is 16.3 Å². The summed E-state index contributed by atoms with van der Waals surface area (Å²) in [5.41, 5.74) is 1.67. The molecule has 1 atom stereocenters. The lowest BCUT2D eigenvalue weighted by molar-refractivity contribution is -0.134. The molecule has 0 aromatic heterocycles. The van der Waals surface area contributed by atoms with Crippen LogP contribution in [0.15, 0.2) is 42.5 Å². The number of amides is 1. The topological polar surface area (TPSA) is 55.4 Å². The van der Waals surface area contributed by atoms with E-state index in [0.717, 1.165) is 11.1 Å². The Morgan fingerprint density at radius 1 is 1.22 bits per heavy atom. The lowest BCUT2D eigenvalue weighted by Crippen LogP contribution is -2.48. The summed E-state index contributed by atoms with van der Waals surface area (Å²) in [5.74, 6) is -0.871. The number of hydrogen-bond donors (Lipinski definition) is 1. The summed E-state index contributed by atoms with van der Waals surface area (Å²) >= 11 is 5.99. The van der Waals surface area contributed by atoms with Crippen LogP contribution in [0.3, 0.4) is 0 Å². The van der Waals surface area contributed by atoms with Crippen molar-refractivity contribution >= 4 is 29.2 Å². The van der Waals surface area contributed by atoms with Gasteiger partial charge >= 0.3 is 5.97 Å². The molecule has 0 aliphatic carbocycles. The molecule has 0 spiro atoms. The van der Waals surface area contributed by atoms with E-state index < -0.39 is 11.6 Å². The van der Waals surface area contributed by atoms with Gasteiger partial charge in [-0.2, -0.15) is 0 Å². The smallest absolute Gasteiger partial charge is 0.339 e. The molecule has 0 radical (unpaired) electrons. The number of halogens is 1. The largest absolute Gasteiger partial charge is 0.445 e. The lowest BCUT2D eigenvalue weighted by Gasteiger charge is -2.33. The molecule has 1 aliphatic rings. The molecule has 3 rings (SSSR count). The van der Waals surface area contributed by atoms with Gasteiger partial charge in [-0.3, -0.25) is 4.79 Å². The number of esters is 1. The molecule has 0 fully saturated rings. The first-order valence-electron chi connectivity index (χ1n) is 7.27. The number of hydrogen-bond acceptors (Lipinski definition) is 3. The van der Waals surface area contributed by atoms with E-state index in [-0.39, 0.29) is 12.3 Å². The molecule has 118 valence electrons. The van der Waals surface area contributed by atoms with Gasteiger partial charge in [0.15, 0.2) is 5.60 Å². The minimum absolute atomic E-state index is 0.284. The predicted octanol–water partition coefficient (Wildman–Crippen LogP) is 3.76. The first-order valence-corrected chi connectivity index (χ1v) is 7.65. The number of aryl methyl sites for hydroxylation is 1. The van der Waals surface area contributed by atoms with Crippen molar-refractivity contribution in [3.05, 3.63) is 64.2 Å². The van der Waals surface area contributed by atoms with Crippen LogP contribution >= 0.6 is 11.6 Å². The summed E-state index contributed by atoms with van der Waals surface area (Å²) < 4.78 is 5.40. The summed E-state index contributed by atoms with van der Waals surface area (Å²) in [4.78, 5) is 24.8. The second-order valence-electron chi connectivity index (χ2n) is 5.92. The van der Waals surface area contributed by atoms with Gasteiger partial charge in [0.05, 0.1) is 5.56 Å². The number of nitrogens with one attached hydrogen (secondary N) is 1. The predicted molar refractivity (Wildman–Crippen MR) is 88.8 cm³/mol. The minimum atomic E-state index is -1.26. The maximum Gasteiger partial charge on any atom is 0.339 e. The van der Waals surface area contributed by atoms with Crippen LogP contribution in [0.5, 0.6) is 0 Å². The van der Waals surface area contributed by atoms with E-state index >= 15 is 0 Å². The van der Waals surface area contributed by atoms with Crippen molar-refractivity contribution in [3.8, 4) is 0 Å². The average molecular weight is 330 g/mol. The zero-order chi connectivity index (χ0) is 16.6. The van der Waals surface area contributed by atoms with E-state index in [1.165, 1.54) is 0 Å². The van der Waals surface area contributed by atoms with Crippen LogP contribution in [-0.4, -0.2) is 17.5 Å². The fourth-order valence-electron chi connectivity index (χ4n) is 2.59. The van der Waals surface area contributed by atoms with Crippen molar-refractivity contribution in [2.24, 2.45) is 0 Å². The van der Waals surface area contributed by atoms with Crippen LogP contribution in [0.4, 0.5) is 5.69 Å². The number of benzene rings is 2. The molecule has 2 aromatic carbocycles. The molecule has 2 aromatic rings. The standard InChI is InChI=1S/C18H16ClNO3/c1-11-3-6-14(7-4-11)20-17(22)18(2)10-12-9-13(19)5-8-15(12)16(21)23-18/h3-9H,10H2,1-2H3,(H,20,22). The van der Waals surface area contributed by atoms with Crippen molar-refractivity contribution < 1.29 is 14.3 Å². The Bertz CT molecular complexity index is 785. The first kappa shape index (κ1) is 15.6. The Hall–Kier alpha value is -2.33. The Morgan fingerprint density at radius 2 is 1.91 bits per heavy atom. The third-order valence-corrected chi connectivity index (χ3v) is 4.16. The minimum Gasteiger partial charge on any atom is -0.445 e.